The maximum absolute atomic E-state index is 11.9. The number of nitrogens with two attached hydrogens (primary N) is 1. The van der Waals surface area contributed by atoms with E-state index in [-0.39, 0.29) is 16.7 Å². The summed E-state index contributed by atoms with van der Waals surface area (Å²) >= 11 is 0. The van der Waals surface area contributed by atoms with E-state index in [2.05, 4.69) is 27.3 Å². The molecule has 7 nitrogen and oxygen atoms in total. The average Bonchev–Trinajstić information content (AvgIpc) is 3.21. The standard InChI is InChI=1S/C21H18N4O3S/c22-29(26,27)18-10-4-8-16-15(18)11-12-23-19(16)21-24-20(25-28-21)17-9-3-6-13-5-1-2-7-14(13)17/h1-2,4-5,7-8,10-12,17H,3,6,9H2,(H2,22,26,27). The minimum atomic E-state index is -3.87. The van der Waals surface area contributed by atoms with Crippen molar-refractivity contribution in [1.82, 2.24) is 15.1 Å². The maximum atomic E-state index is 11.9. The maximum Gasteiger partial charge on any atom is 0.277 e. The van der Waals surface area contributed by atoms with Crippen molar-refractivity contribution in [2.24, 2.45) is 5.14 Å². The van der Waals surface area contributed by atoms with Crippen molar-refractivity contribution in [3.05, 3.63) is 71.7 Å². The predicted molar refractivity (Wildman–Crippen MR) is 108 cm³/mol. The molecule has 2 N–H and O–H groups in total. The van der Waals surface area contributed by atoms with Crippen molar-refractivity contribution in [3.63, 3.8) is 0 Å². The molecule has 2 heterocycles. The largest absolute Gasteiger partial charge is 0.332 e. The number of benzene rings is 2. The highest BCUT2D eigenvalue weighted by Gasteiger charge is 2.27. The van der Waals surface area contributed by atoms with Crippen molar-refractivity contribution in [1.29, 1.82) is 0 Å². The van der Waals surface area contributed by atoms with Gasteiger partial charge in [0.1, 0.15) is 5.69 Å². The van der Waals surface area contributed by atoms with Gasteiger partial charge in [0.05, 0.1) is 4.90 Å². The zero-order chi connectivity index (χ0) is 20.0. The van der Waals surface area contributed by atoms with Gasteiger partial charge in [-0.2, -0.15) is 4.98 Å². The molecule has 0 radical (unpaired) electrons. The first-order chi connectivity index (χ1) is 14.0. The van der Waals surface area contributed by atoms with Gasteiger partial charge in [0.15, 0.2) is 5.82 Å². The Balaban J connectivity index is 1.61. The SMILES string of the molecule is NS(=O)(=O)c1cccc2c(-c3nc(C4CCCc5ccccc54)no3)nccc12. The summed E-state index contributed by atoms with van der Waals surface area (Å²) in [5, 5.41) is 10.7. The lowest BCUT2D eigenvalue weighted by atomic mass is 9.82. The van der Waals surface area contributed by atoms with Crippen LogP contribution in [-0.2, 0) is 16.4 Å². The number of primary sulfonamides is 1. The Morgan fingerprint density at radius 2 is 1.90 bits per heavy atom. The average molecular weight is 406 g/mol. The summed E-state index contributed by atoms with van der Waals surface area (Å²) in [6, 6.07) is 14.8. The zero-order valence-electron chi connectivity index (χ0n) is 15.4. The van der Waals surface area contributed by atoms with E-state index in [0.29, 0.717) is 22.3 Å². The molecule has 1 aliphatic carbocycles. The number of pyridine rings is 1. The quantitative estimate of drug-likeness (QED) is 0.558. The Morgan fingerprint density at radius 3 is 2.76 bits per heavy atom. The van der Waals surface area contributed by atoms with Crippen molar-refractivity contribution in [2.45, 2.75) is 30.1 Å². The van der Waals surface area contributed by atoms with Crippen molar-refractivity contribution in [3.8, 4) is 11.6 Å². The van der Waals surface area contributed by atoms with E-state index in [0.717, 1.165) is 19.3 Å². The molecule has 1 atom stereocenters. The molecule has 0 saturated heterocycles. The second-order valence-corrected chi connectivity index (χ2v) is 8.69. The molecule has 1 unspecified atom stereocenters. The van der Waals surface area contributed by atoms with Crippen LogP contribution in [0.2, 0.25) is 0 Å². The topological polar surface area (TPSA) is 112 Å². The Bertz CT molecular complexity index is 1330. The highest BCUT2D eigenvalue weighted by Crippen LogP contribution is 2.36. The summed E-state index contributed by atoms with van der Waals surface area (Å²) in [5.74, 6) is 0.959. The molecule has 2 aromatic heterocycles. The van der Waals surface area contributed by atoms with Crippen LogP contribution in [0.1, 0.15) is 35.7 Å². The Labute approximate surface area is 167 Å². The van der Waals surface area contributed by atoms with Crippen LogP contribution in [0.3, 0.4) is 0 Å². The Morgan fingerprint density at radius 1 is 1.03 bits per heavy atom. The molecule has 0 saturated carbocycles. The van der Waals surface area contributed by atoms with Crippen molar-refractivity contribution in [2.75, 3.05) is 0 Å². The van der Waals surface area contributed by atoms with Gasteiger partial charge in [-0.1, -0.05) is 41.6 Å². The van der Waals surface area contributed by atoms with Crippen LogP contribution in [0, 0.1) is 0 Å². The highest BCUT2D eigenvalue weighted by molar-refractivity contribution is 7.89. The van der Waals surface area contributed by atoms with E-state index < -0.39 is 10.0 Å². The number of hydrogen-bond donors (Lipinski definition) is 1. The van der Waals surface area contributed by atoms with Crippen LogP contribution in [0.25, 0.3) is 22.4 Å². The molecule has 1 aliphatic rings. The van der Waals surface area contributed by atoms with Crippen molar-refractivity contribution >= 4 is 20.8 Å². The number of nitrogens with zero attached hydrogens (tertiary/aromatic N) is 3. The summed E-state index contributed by atoms with van der Waals surface area (Å²) in [6.45, 7) is 0. The zero-order valence-corrected chi connectivity index (χ0v) is 16.3. The fourth-order valence-electron chi connectivity index (χ4n) is 4.09. The third-order valence-electron chi connectivity index (χ3n) is 5.40. The normalized spacial score (nSPS) is 16.7. The molecule has 146 valence electrons. The first kappa shape index (κ1) is 18.0. The molecule has 0 bridgehead atoms. The molecule has 0 fully saturated rings. The minimum absolute atomic E-state index is 0.0413. The number of fused-ring (bicyclic) bond motifs is 2. The van der Waals surface area contributed by atoms with Gasteiger partial charge < -0.3 is 4.52 Å². The number of sulfonamides is 1. The summed E-state index contributed by atoms with van der Waals surface area (Å²) < 4.78 is 29.4. The molecule has 4 aromatic rings. The predicted octanol–water partition coefficient (Wildman–Crippen LogP) is 3.40. The first-order valence-corrected chi connectivity index (χ1v) is 10.9. The molecule has 0 spiro atoms. The monoisotopic (exact) mass is 406 g/mol. The molecule has 29 heavy (non-hydrogen) atoms. The van der Waals surface area contributed by atoms with E-state index in [1.807, 2.05) is 12.1 Å². The van der Waals surface area contributed by atoms with E-state index in [1.54, 1.807) is 18.2 Å². The van der Waals surface area contributed by atoms with Gasteiger partial charge in [-0.3, -0.25) is 4.98 Å². The summed E-state index contributed by atoms with van der Waals surface area (Å²) in [7, 11) is -3.87. The molecule has 0 aliphatic heterocycles. The second kappa shape index (κ2) is 6.75. The lowest BCUT2D eigenvalue weighted by Gasteiger charge is -2.22. The van der Waals surface area contributed by atoms with Crippen molar-refractivity contribution < 1.29 is 12.9 Å². The molecular formula is C21H18N4O3S. The van der Waals surface area contributed by atoms with E-state index in [1.165, 1.54) is 23.4 Å². The van der Waals surface area contributed by atoms with Gasteiger partial charge >= 0.3 is 0 Å². The lowest BCUT2D eigenvalue weighted by Crippen LogP contribution is -2.12. The third kappa shape index (κ3) is 3.10. The molecule has 8 heteroatoms. The number of rotatable bonds is 3. The van der Waals surface area contributed by atoms with Crippen LogP contribution in [0.5, 0.6) is 0 Å². The van der Waals surface area contributed by atoms with Crippen LogP contribution in [0.15, 0.2) is 64.1 Å². The fourth-order valence-corrected chi connectivity index (χ4v) is 4.84. The molecular weight excluding hydrogens is 388 g/mol. The van der Waals surface area contributed by atoms with Crippen LogP contribution in [0.4, 0.5) is 0 Å². The lowest BCUT2D eigenvalue weighted by molar-refractivity contribution is 0.414. The summed E-state index contributed by atoms with van der Waals surface area (Å²) in [5.41, 5.74) is 2.99. The summed E-state index contributed by atoms with van der Waals surface area (Å²) in [4.78, 5) is 9.04. The number of hydrogen-bond acceptors (Lipinski definition) is 6. The van der Waals surface area contributed by atoms with Gasteiger partial charge in [0, 0.05) is 22.9 Å². The second-order valence-electron chi connectivity index (χ2n) is 7.16. The third-order valence-corrected chi connectivity index (χ3v) is 6.37. The Hall–Kier alpha value is -3.10. The molecule has 2 aromatic carbocycles. The van der Waals surface area contributed by atoms with Gasteiger partial charge in [-0.15, -0.1) is 0 Å². The molecule has 5 rings (SSSR count). The van der Waals surface area contributed by atoms with Gasteiger partial charge in [0.25, 0.3) is 5.89 Å². The van der Waals surface area contributed by atoms with Gasteiger partial charge in [-0.05, 0) is 42.5 Å². The molecule has 0 amide bonds. The summed E-state index contributed by atoms with van der Waals surface area (Å²) in [6.07, 6.45) is 4.59. The fraction of sp³-hybridized carbons (Fsp3) is 0.190. The van der Waals surface area contributed by atoms with Crippen LogP contribution >= 0.6 is 0 Å². The van der Waals surface area contributed by atoms with Crippen LogP contribution in [-0.4, -0.2) is 23.5 Å². The Kier molecular flexibility index (Phi) is 4.18. The smallest absolute Gasteiger partial charge is 0.277 e. The van der Waals surface area contributed by atoms with E-state index >= 15 is 0 Å². The van der Waals surface area contributed by atoms with Gasteiger partial charge in [-0.25, -0.2) is 13.6 Å². The highest BCUT2D eigenvalue weighted by atomic mass is 32.2. The van der Waals surface area contributed by atoms with Crippen LogP contribution < -0.4 is 5.14 Å². The van der Waals surface area contributed by atoms with Gasteiger partial charge in [0.2, 0.25) is 10.0 Å². The van der Waals surface area contributed by atoms with E-state index in [9.17, 15) is 8.42 Å². The minimum Gasteiger partial charge on any atom is -0.332 e. The van der Waals surface area contributed by atoms with E-state index in [4.69, 9.17) is 9.66 Å². The number of aryl methyl sites for hydroxylation is 1. The number of aromatic nitrogens is 3. The first-order valence-electron chi connectivity index (χ1n) is 9.35.